The minimum absolute atomic E-state index is 0.107. The van der Waals surface area contributed by atoms with Crippen LogP contribution in [0.5, 0.6) is 0 Å². The summed E-state index contributed by atoms with van der Waals surface area (Å²) in [7, 11) is 1.53. The summed E-state index contributed by atoms with van der Waals surface area (Å²) in [5.41, 5.74) is 1.74. The van der Waals surface area contributed by atoms with Gasteiger partial charge in [0.25, 0.3) is 5.56 Å². The smallest absolute Gasteiger partial charge is 0.263 e. The molecule has 23 heavy (non-hydrogen) atoms. The van der Waals surface area contributed by atoms with Crippen LogP contribution in [0.15, 0.2) is 35.1 Å². The maximum atomic E-state index is 12.8. The molecule has 0 saturated heterocycles. The van der Waals surface area contributed by atoms with Crippen molar-refractivity contribution < 1.29 is 4.79 Å². The Morgan fingerprint density at radius 3 is 2.87 bits per heavy atom. The zero-order valence-electron chi connectivity index (χ0n) is 12.7. The van der Waals surface area contributed by atoms with E-state index in [1.54, 1.807) is 30.3 Å². The molecular weight excluding hydrogens is 316 g/mol. The number of likely N-dealkylation sites (N-methyl/N-ethyl adjacent to an activating group) is 1. The minimum Gasteiger partial charge on any atom is -0.358 e. The molecule has 2 N–H and O–H groups in total. The third-order valence-corrected chi connectivity index (χ3v) is 3.78. The van der Waals surface area contributed by atoms with E-state index in [1.807, 2.05) is 6.92 Å². The monoisotopic (exact) mass is 330 g/mol. The number of nitrogens with zero attached hydrogens (tertiary/aromatic N) is 2. The van der Waals surface area contributed by atoms with Gasteiger partial charge in [0.1, 0.15) is 18.0 Å². The predicted molar refractivity (Wildman–Crippen MR) is 89.6 cm³/mol. The van der Waals surface area contributed by atoms with Crippen molar-refractivity contribution in [2.75, 3.05) is 7.05 Å². The number of hydrogen-bond donors (Lipinski definition) is 2. The van der Waals surface area contributed by atoms with Gasteiger partial charge in [0.05, 0.1) is 5.39 Å². The number of rotatable bonds is 3. The fourth-order valence-corrected chi connectivity index (χ4v) is 2.64. The van der Waals surface area contributed by atoms with Crippen LogP contribution in [0.3, 0.4) is 0 Å². The van der Waals surface area contributed by atoms with Crippen LogP contribution in [-0.4, -0.2) is 27.5 Å². The SMILES string of the molecule is CNC(=O)Cn1c(-c2cccc(Cl)c2)nc2[nH]c(C)cc2c1=O. The molecule has 118 valence electrons. The molecule has 1 aromatic carbocycles. The van der Waals surface area contributed by atoms with Gasteiger partial charge in [0, 0.05) is 23.3 Å². The van der Waals surface area contributed by atoms with Gasteiger partial charge in [-0.05, 0) is 25.1 Å². The summed E-state index contributed by atoms with van der Waals surface area (Å²) in [4.78, 5) is 32.1. The first-order valence-corrected chi connectivity index (χ1v) is 7.44. The Labute approximate surface area is 137 Å². The van der Waals surface area contributed by atoms with Crippen molar-refractivity contribution in [3.05, 3.63) is 51.4 Å². The minimum atomic E-state index is -0.274. The van der Waals surface area contributed by atoms with E-state index in [-0.39, 0.29) is 18.0 Å². The lowest BCUT2D eigenvalue weighted by atomic mass is 10.2. The second-order valence-electron chi connectivity index (χ2n) is 5.22. The Kier molecular flexibility index (Phi) is 3.92. The molecule has 0 aliphatic carbocycles. The van der Waals surface area contributed by atoms with E-state index in [4.69, 9.17) is 11.6 Å². The van der Waals surface area contributed by atoms with Crippen molar-refractivity contribution in [3.8, 4) is 11.4 Å². The second kappa shape index (κ2) is 5.89. The fourth-order valence-electron chi connectivity index (χ4n) is 2.45. The predicted octanol–water partition coefficient (Wildman–Crippen LogP) is 2.10. The summed E-state index contributed by atoms with van der Waals surface area (Å²) < 4.78 is 1.36. The van der Waals surface area contributed by atoms with Crippen LogP contribution in [0.25, 0.3) is 22.4 Å². The van der Waals surface area contributed by atoms with Crippen molar-refractivity contribution in [3.63, 3.8) is 0 Å². The summed E-state index contributed by atoms with van der Waals surface area (Å²) in [5, 5.41) is 3.51. The van der Waals surface area contributed by atoms with Crippen molar-refractivity contribution >= 4 is 28.5 Å². The molecule has 7 heteroatoms. The topological polar surface area (TPSA) is 79.8 Å². The van der Waals surface area contributed by atoms with E-state index in [2.05, 4.69) is 15.3 Å². The summed E-state index contributed by atoms with van der Waals surface area (Å²) >= 11 is 6.04. The average molecular weight is 331 g/mol. The Morgan fingerprint density at radius 2 is 2.17 bits per heavy atom. The summed E-state index contributed by atoms with van der Waals surface area (Å²) in [6.07, 6.45) is 0. The number of carbonyl (C=O) groups is 1. The maximum Gasteiger partial charge on any atom is 0.263 e. The summed E-state index contributed by atoms with van der Waals surface area (Å²) in [5.74, 6) is 0.124. The van der Waals surface area contributed by atoms with E-state index < -0.39 is 0 Å². The van der Waals surface area contributed by atoms with Gasteiger partial charge in [-0.15, -0.1) is 0 Å². The number of halogens is 1. The number of benzene rings is 1. The maximum absolute atomic E-state index is 12.8. The van der Waals surface area contributed by atoms with Crippen LogP contribution < -0.4 is 10.9 Å². The third-order valence-electron chi connectivity index (χ3n) is 3.54. The van der Waals surface area contributed by atoms with Crippen LogP contribution in [0.2, 0.25) is 5.02 Å². The lowest BCUT2D eigenvalue weighted by molar-refractivity contribution is -0.121. The van der Waals surface area contributed by atoms with E-state index in [1.165, 1.54) is 11.6 Å². The highest BCUT2D eigenvalue weighted by atomic mass is 35.5. The lowest BCUT2D eigenvalue weighted by Crippen LogP contribution is -2.31. The molecule has 0 atom stereocenters. The molecule has 3 rings (SSSR count). The van der Waals surface area contributed by atoms with E-state index >= 15 is 0 Å². The van der Waals surface area contributed by atoms with E-state index in [9.17, 15) is 9.59 Å². The molecule has 0 aliphatic rings. The molecule has 0 unspecified atom stereocenters. The Hall–Kier alpha value is -2.60. The number of aromatic amines is 1. The highest BCUT2D eigenvalue weighted by Gasteiger charge is 2.16. The molecule has 6 nitrogen and oxygen atoms in total. The average Bonchev–Trinajstić information content (AvgIpc) is 2.90. The number of nitrogens with one attached hydrogen (secondary N) is 2. The van der Waals surface area contributed by atoms with E-state index in [0.29, 0.717) is 27.4 Å². The number of amides is 1. The number of hydrogen-bond acceptors (Lipinski definition) is 3. The van der Waals surface area contributed by atoms with Crippen molar-refractivity contribution in [2.45, 2.75) is 13.5 Å². The zero-order valence-corrected chi connectivity index (χ0v) is 13.4. The number of carbonyl (C=O) groups excluding carboxylic acids is 1. The van der Waals surface area contributed by atoms with Crippen LogP contribution in [-0.2, 0) is 11.3 Å². The van der Waals surface area contributed by atoms with Gasteiger partial charge >= 0.3 is 0 Å². The van der Waals surface area contributed by atoms with Gasteiger partial charge in [-0.3, -0.25) is 14.2 Å². The molecular formula is C16H15ClN4O2. The molecule has 0 fully saturated rings. The standard InChI is InChI=1S/C16H15ClN4O2/c1-9-6-12-14(19-9)20-15(10-4-3-5-11(17)7-10)21(16(12)23)8-13(22)18-2/h3-7,19H,8H2,1-2H3,(H,18,22). The Balaban J connectivity index is 2.31. The van der Waals surface area contributed by atoms with Crippen molar-refractivity contribution in [2.24, 2.45) is 0 Å². The number of H-pyrrole nitrogens is 1. The third kappa shape index (κ3) is 2.85. The van der Waals surface area contributed by atoms with E-state index in [0.717, 1.165) is 5.69 Å². The van der Waals surface area contributed by atoms with Crippen LogP contribution >= 0.6 is 11.6 Å². The molecule has 2 heterocycles. The van der Waals surface area contributed by atoms with Gasteiger partial charge in [0.2, 0.25) is 5.91 Å². The first-order valence-electron chi connectivity index (χ1n) is 7.06. The number of aromatic nitrogens is 3. The molecule has 0 aliphatic heterocycles. The fraction of sp³-hybridized carbons (Fsp3) is 0.188. The molecule has 0 spiro atoms. The molecule has 0 saturated carbocycles. The first kappa shape index (κ1) is 15.3. The van der Waals surface area contributed by atoms with Gasteiger partial charge < -0.3 is 10.3 Å². The lowest BCUT2D eigenvalue weighted by Gasteiger charge is -2.12. The molecule has 0 radical (unpaired) electrons. The first-order chi connectivity index (χ1) is 11.0. The number of fused-ring (bicyclic) bond motifs is 1. The van der Waals surface area contributed by atoms with Crippen LogP contribution in [0.1, 0.15) is 5.69 Å². The van der Waals surface area contributed by atoms with Crippen LogP contribution in [0, 0.1) is 6.92 Å². The van der Waals surface area contributed by atoms with Gasteiger partial charge in [-0.1, -0.05) is 23.7 Å². The van der Waals surface area contributed by atoms with Crippen LogP contribution in [0.4, 0.5) is 0 Å². The highest BCUT2D eigenvalue weighted by Crippen LogP contribution is 2.22. The largest absolute Gasteiger partial charge is 0.358 e. The van der Waals surface area contributed by atoms with Crippen molar-refractivity contribution in [1.82, 2.24) is 19.9 Å². The Bertz CT molecular complexity index is 958. The van der Waals surface area contributed by atoms with Gasteiger partial charge in [0.15, 0.2) is 0 Å². The molecule has 1 amide bonds. The van der Waals surface area contributed by atoms with Gasteiger partial charge in [-0.25, -0.2) is 4.98 Å². The van der Waals surface area contributed by atoms with Gasteiger partial charge in [-0.2, -0.15) is 0 Å². The zero-order chi connectivity index (χ0) is 16.6. The Morgan fingerprint density at radius 1 is 1.39 bits per heavy atom. The molecule has 3 aromatic rings. The second-order valence-corrected chi connectivity index (χ2v) is 5.66. The normalized spacial score (nSPS) is 10.9. The quantitative estimate of drug-likeness (QED) is 0.771. The molecule has 0 bridgehead atoms. The molecule has 2 aromatic heterocycles. The number of aryl methyl sites for hydroxylation is 1. The van der Waals surface area contributed by atoms with Crippen molar-refractivity contribution in [1.29, 1.82) is 0 Å². The summed E-state index contributed by atoms with van der Waals surface area (Å²) in [6.45, 7) is 1.74. The highest BCUT2D eigenvalue weighted by molar-refractivity contribution is 6.30. The summed E-state index contributed by atoms with van der Waals surface area (Å²) in [6, 6.07) is 8.76.